The van der Waals surface area contributed by atoms with E-state index >= 15 is 0 Å². The fraction of sp³-hybridized carbons (Fsp3) is 0.377. The minimum atomic E-state index is -1.29. The predicted octanol–water partition coefficient (Wildman–Crippen LogP) is 8.32. The number of carbonyl (C=O) groups is 3. The Hall–Kier alpha value is -5.42. The van der Waals surface area contributed by atoms with Gasteiger partial charge in [0.05, 0.1) is 33.0 Å². The maximum atomic E-state index is 13.0. The summed E-state index contributed by atoms with van der Waals surface area (Å²) in [5.41, 5.74) is 3.81. The highest BCUT2D eigenvalue weighted by Gasteiger charge is 2.53. The van der Waals surface area contributed by atoms with Gasteiger partial charge < -0.3 is 47.4 Å². The Bertz CT molecular complexity index is 2270. The van der Waals surface area contributed by atoms with Gasteiger partial charge in [-0.05, 0) is 41.3 Å². The number of thioether (sulfide) groups is 1. The van der Waals surface area contributed by atoms with Crippen LogP contribution in [0.5, 0.6) is 0 Å². The second kappa shape index (κ2) is 25.1. The van der Waals surface area contributed by atoms with Crippen molar-refractivity contribution < 1.29 is 61.8 Å². The van der Waals surface area contributed by atoms with Gasteiger partial charge in [0.2, 0.25) is 0 Å². The topological polar surface area (TPSA) is 144 Å². The molecule has 0 aromatic heterocycles. The van der Waals surface area contributed by atoms with Crippen molar-refractivity contribution in [2.75, 3.05) is 13.2 Å². The highest BCUT2D eigenvalue weighted by Crippen LogP contribution is 2.39. The van der Waals surface area contributed by atoms with Gasteiger partial charge in [0, 0.05) is 25.7 Å². The maximum absolute atomic E-state index is 13.0. The number of rotatable bonds is 21. The molecule has 0 unspecified atom stereocenters. The zero-order chi connectivity index (χ0) is 47.0. The number of ether oxygens (including phenoxy) is 10. The van der Waals surface area contributed by atoms with Gasteiger partial charge in [-0.25, -0.2) is 0 Å². The van der Waals surface area contributed by atoms with Crippen LogP contribution < -0.4 is 0 Å². The number of hydrogen-bond acceptors (Lipinski definition) is 14. The lowest BCUT2D eigenvalue weighted by Crippen LogP contribution is -2.63. The van der Waals surface area contributed by atoms with E-state index in [4.69, 9.17) is 47.4 Å². The molecule has 2 saturated heterocycles. The number of hydrogen-bond donors (Lipinski definition) is 0. The fourth-order valence-corrected chi connectivity index (χ4v) is 8.98. The van der Waals surface area contributed by atoms with Crippen LogP contribution in [-0.2, 0) is 88.2 Å². The summed E-state index contributed by atoms with van der Waals surface area (Å²) in [6, 6.07) is 46.4. The van der Waals surface area contributed by atoms with Crippen LogP contribution in [0.3, 0.4) is 0 Å². The molecule has 13 nitrogen and oxygen atoms in total. The van der Waals surface area contributed by atoms with Crippen molar-refractivity contribution in [2.45, 2.75) is 120 Å². The monoisotopic (exact) mass is 934 g/mol. The Morgan fingerprint density at radius 1 is 0.448 bits per heavy atom. The molecule has 0 N–H and O–H groups in total. The van der Waals surface area contributed by atoms with E-state index in [1.165, 1.54) is 32.5 Å². The zero-order valence-corrected chi connectivity index (χ0v) is 38.9. The molecule has 2 fully saturated rings. The minimum absolute atomic E-state index is 0.124. The van der Waals surface area contributed by atoms with E-state index in [0.29, 0.717) is 0 Å². The molecule has 0 aliphatic carbocycles. The molecule has 2 heterocycles. The van der Waals surface area contributed by atoms with E-state index in [0.717, 1.165) is 32.7 Å². The van der Waals surface area contributed by atoms with Crippen molar-refractivity contribution in [3.63, 3.8) is 0 Å². The first kappa shape index (κ1) is 49.5. The van der Waals surface area contributed by atoms with Gasteiger partial charge >= 0.3 is 17.9 Å². The molecule has 0 spiro atoms. The molecule has 354 valence electrons. The highest BCUT2D eigenvalue weighted by molar-refractivity contribution is 7.99. The molecule has 2 aliphatic heterocycles. The smallest absolute Gasteiger partial charge is 0.303 e. The average molecular weight is 935 g/mol. The summed E-state index contributed by atoms with van der Waals surface area (Å²) >= 11 is 1.38. The average Bonchev–Trinajstić information content (AvgIpc) is 3.33. The molecule has 0 saturated carbocycles. The zero-order valence-electron chi connectivity index (χ0n) is 38.1. The molecule has 2 aliphatic rings. The second-order valence-electron chi connectivity index (χ2n) is 16.3. The van der Waals surface area contributed by atoms with Gasteiger partial charge in [0.25, 0.3) is 0 Å². The van der Waals surface area contributed by atoms with Crippen LogP contribution in [0.25, 0.3) is 0 Å². The molecule has 0 radical (unpaired) electrons. The fourth-order valence-electron chi connectivity index (χ4n) is 7.88. The lowest BCUT2D eigenvalue weighted by Gasteiger charge is -2.47. The summed E-state index contributed by atoms with van der Waals surface area (Å²) in [4.78, 5) is 39.1. The predicted molar refractivity (Wildman–Crippen MR) is 248 cm³/mol. The number of esters is 3. The highest BCUT2D eigenvalue weighted by atomic mass is 32.2. The van der Waals surface area contributed by atoms with E-state index < -0.39 is 78.5 Å². The molecular formula is C53H58O13S. The van der Waals surface area contributed by atoms with Gasteiger partial charge in [0.15, 0.2) is 18.5 Å². The van der Waals surface area contributed by atoms with E-state index in [9.17, 15) is 14.4 Å². The van der Waals surface area contributed by atoms with Gasteiger partial charge in [-0.3, -0.25) is 14.4 Å². The molecule has 14 heteroatoms. The summed E-state index contributed by atoms with van der Waals surface area (Å²) < 4.78 is 64.8. The van der Waals surface area contributed by atoms with Crippen molar-refractivity contribution >= 4 is 29.7 Å². The van der Waals surface area contributed by atoms with Gasteiger partial charge in [-0.2, -0.15) is 0 Å². The van der Waals surface area contributed by atoms with E-state index in [1.807, 2.05) is 153 Å². The van der Waals surface area contributed by atoms with Crippen molar-refractivity contribution in [1.82, 2.24) is 0 Å². The Kier molecular flexibility index (Phi) is 18.5. The SMILES string of the molecule is CC(=O)OC[C@H]1O[C@H](OC[C@H]2O[C@H](Sc3ccc(C)cc3)[C@@H](OC(C)=O)[C@@H](OCc3ccccc3)[C@@H]2OCc2ccccc2)[C@@H](OC(C)=O)[C@@H](OCc2ccccc2)[C@@H]1OCc1ccccc1. The first-order valence-electron chi connectivity index (χ1n) is 22.4. The molecule has 5 aromatic carbocycles. The summed E-state index contributed by atoms with van der Waals surface area (Å²) in [6.45, 7) is 6.17. The second-order valence-corrected chi connectivity index (χ2v) is 17.5. The Morgan fingerprint density at radius 2 is 0.851 bits per heavy atom. The van der Waals surface area contributed by atoms with Gasteiger partial charge in [0.1, 0.15) is 48.7 Å². The third-order valence-corrected chi connectivity index (χ3v) is 12.2. The summed E-state index contributed by atoms with van der Waals surface area (Å²) in [7, 11) is 0. The van der Waals surface area contributed by atoms with Crippen molar-refractivity contribution in [3.8, 4) is 0 Å². The minimum Gasteiger partial charge on any atom is -0.463 e. The van der Waals surface area contributed by atoms with Crippen LogP contribution in [0.2, 0.25) is 0 Å². The maximum Gasteiger partial charge on any atom is 0.303 e. The Balaban J connectivity index is 1.24. The van der Waals surface area contributed by atoms with Crippen molar-refractivity contribution in [1.29, 1.82) is 0 Å². The van der Waals surface area contributed by atoms with E-state index in [2.05, 4.69) is 0 Å². The van der Waals surface area contributed by atoms with Crippen LogP contribution in [0, 0.1) is 6.92 Å². The Labute approximate surface area is 396 Å². The standard InChI is InChI=1S/C53H58O13S/c1-35-25-27-43(28-26-35)67-53-51(64-38(4)56)49(61-32-42-23-15-8-16-24-42)47(59-30-40-19-11-6-12-20-40)45(66-53)34-62-52-50(63-37(3)55)48(60-31-41-21-13-7-14-22-41)46(44(65-52)33-57-36(2)54)58-29-39-17-9-5-10-18-39/h5-28,44-53H,29-34H2,1-4H3/t44-,45-,46-,47-,48+,49+,50+,51+,52+,53-/m1/s1. The summed E-state index contributed by atoms with van der Waals surface area (Å²) in [6.07, 6.45) is -8.88. The molecule has 0 amide bonds. The number of aryl methyl sites for hydroxylation is 1. The van der Waals surface area contributed by atoms with Gasteiger partial charge in [-0.15, -0.1) is 0 Å². The normalized spacial score (nSPS) is 24.9. The van der Waals surface area contributed by atoms with E-state index in [-0.39, 0.29) is 39.6 Å². The van der Waals surface area contributed by atoms with E-state index in [1.54, 1.807) is 0 Å². The largest absolute Gasteiger partial charge is 0.463 e. The third-order valence-electron chi connectivity index (χ3n) is 11.1. The molecule has 67 heavy (non-hydrogen) atoms. The summed E-state index contributed by atoms with van der Waals surface area (Å²) in [5, 5.41) is 0. The number of benzene rings is 5. The van der Waals surface area contributed by atoms with Crippen LogP contribution in [0.4, 0.5) is 0 Å². The van der Waals surface area contributed by atoms with Crippen molar-refractivity contribution in [3.05, 3.63) is 173 Å². The first-order chi connectivity index (χ1) is 32.6. The van der Waals surface area contributed by atoms with Crippen LogP contribution in [-0.4, -0.2) is 91.7 Å². The lowest BCUT2D eigenvalue weighted by molar-refractivity contribution is -0.328. The van der Waals surface area contributed by atoms with Crippen LogP contribution in [0.15, 0.2) is 150 Å². The van der Waals surface area contributed by atoms with Crippen molar-refractivity contribution in [2.24, 2.45) is 0 Å². The molecular weight excluding hydrogens is 877 g/mol. The quantitative estimate of drug-likeness (QED) is 0.0514. The first-order valence-corrected chi connectivity index (χ1v) is 23.2. The molecule has 0 bridgehead atoms. The molecule has 10 atom stereocenters. The van der Waals surface area contributed by atoms with Crippen LogP contribution >= 0.6 is 11.8 Å². The summed E-state index contributed by atoms with van der Waals surface area (Å²) in [5.74, 6) is -1.65. The third kappa shape index (κ3) is 14.8. The van der Waals surface area contributed by atoms with Gasteiger partial charge in [-0.1, -0.05) is 151 Å². The molecule has 5 aromatic rings. The van der Waals surface area contributed by atoms with Crippen LogP contribution in [0.1, 0.15) is 48.6 Å². The Morgan fingerprint density at radius 3 is 1.28 bits per heavy atom. The lowest BCUT2D eigenvalue weighted by atomic mass is 9.97. The molecule has 7 rings (SSSR count). The number of carbonyl (C=O) groups excluding carboxylic acids is 3.